The Hall–Kier alpha value is -2.47. The molecule has 0 aliphatic rings. The van der Waals surface area contributed by atoms with Crippen molar-refractivity contribution in [2.45, 2.75) is 27.3 Å². The van der Waals surface area contributed by atoms with E-state index in [4.69, 9.17) is 0 Å². The van der Waals surface area contributed by atoms with Crippen molar-refractivity contribution in [2.75, 3.05) is 5.32 Å². The molecule has 1 N–H and O–H groups in total. The summed E-state index contributed by atoms with van der Waals surface area (Å²) in [6.07, 6.45) is 1.43. The molecule has 3 aromatic rings. The van der Waals surface area contributed by atoms with Crippen molar-refractivity contribution in [3.8, 4) is 0 Å². The first-order valence-electron chi connectivity index (χ1n) is 7.26. The van der Waals surface area contributed by atoms with Gasteiger partial charge in [0.15, 0.2) is 0 Å². The van der Waals surface area contributed by atoms with Crippen LogP contribution in [0.2, 0.25) is 0 Å². The van der Waals surface area contributed by atoms with Crippen LogP contribution in [0.25, 0.3) is 10.2 Å². The first kappa shape index (κ1) is 15.4. The largest absolute Gasteiger partial charge is 0.324 e. The summed E-state index contributed by atoms with van der Waals surface area (Å²) < 4.78 is 1.34. The summed E-state index contributed by atoms with van der Waals surface area (Å²) in [5.74, 6) is -0.237. The molecule has 23 heavy (non-hydrogen) atoms. The fourth-order valence-corrected chi connectivity index (χ4v) is 3.44. The maximum Gasteiger partial charge on any atom is 0.262 e. The van der Waals surface area contributed by atoms with Crippen molar-refractivity contribution in [3.05, 3.63) is 57.0 Å². The first-order valence-corrected chi connectivity index (χ1v) is 8.14. The van der Waals surface area contributed by atoms with Gasteiger partial charge in [0.1, 0.15) is 11.4 Å². The minimum Gasteiger partial charge on any atom is -0.324 e. The number of carbonyl (C=O) groups excluding carboxylic acids is 1. The molecule has 6 heteroatoms. The highest BCUT2D eigenvalue weighted by molar-refractivity contribution is 7.16. The van der Waals surface area contributed by atoms with E-state index in [1.807, 2.05) is 38.3 Å². The minimum absolute atomic E-state index is 0.0512. The van der Waals surface area contributed by atoms with Crippen LogP contribution in [0.1, 0.15) is 16.7 Å². The van der Waals surface area contributed by atoms with Crippen LogP contribution in [-0.4, -0.2) is 15.5 Å². The molecule has 0 radical (unpaired) electrons. The summed E-state index contributed by atoms with van der Waals surface area (Å²) in [4.78, 5) is 29.5. The van der Waals surface area contributed by atoms with Gasteiger partial charge in [-0.15, -0.1) is 11.3 Å². The molecule has 0 atom stereocenters. The maximum absolute atomic E-state index is 12.3. The fraction of sp³-hybridized carbons (Fsp3) is 0.235. The van der Waals surface area contributed by atoms with Gasteiger partial charge in [0, 0.05) is 5.69 Å². The Morgan fingerprint density at radius 3 is 2.65 bits per heavy atom. The van der Waals surface area contributed by atoms with Crippen molar-refractivity contribution in [1.29, 1.82) is 0 Å². The van der Waals surface area contributed by atoms with Gasteiger partial charge < -0.3 is 5.32 Å². The molecule has 118 valence electrons. The van der Waals surface area contributed by atoms with Crippen LogP contribution in [-0.2, 0) is 11.3 Å². The highest BCUT2D eigenvalue weighted by Crippen LogP contribution is 2.21. The molecule has 3 rings (SSSR count). The molecule has 0 aliphatic heterocycles. The van der Waals surface area contributed by atoms with Crippen LogP contribution in [0.3, 0.4) is 0 Å². The summed E-state index contributed by atoms with van der Waals surface area (Å²) >= 11 is 1.41. The van der Waals surface area contributed by atoms with Crippen LogP contribution < -0.4 is 10.9 Å². The summed E-state index contributed by atoms with van der Waals surface area (Å²) in [5.41, 5.74) is 3.78. The minimum atomic E-state index is -0.237. The smallest absolute Gasteiger partial charge is 0.262 e. The molecule has 5 nitrogen and oxygen atoms in total. The van der Waals surface area contributed by atoms with Crippen molar-refractivity contribution < 1.29 is 4.79 Å². The SMILES string of the molecule is Cc1cc(C)c(NC(=O)Cn2cnc3sccc3c2=O)c(C)c1. The lowest BCUT2D eigenvalue weighted by molar-refractivity contribution is -0.116. The second-order valence-corrected chi connectivity index (χ2v) is 6.53. The van der Waals surface area contributed by atoms with E-state index in [9.17, 15) is 9.59 Å². The molecule has 0 fully saturated rings. The molecule has 0 spiro atoms. The molecule has 1 amide bonds. The number of amides is 1. The van der Waals surface area contributed by atoms with Gasteiger partial charge in [-0.05, 0) is 43.3 Å². The van der Waals surface area contributed by atoms with Gasteiger partial charge in [-0.25, -0.2) is 4.98 Å². The molecular formula is C17H17N3O2S. The van der Waals surface area contributed by atoms with Crippen LogP contribution in [0.15, 0.2) is 34.7 Å². The van der Waals surface area contributed by atoms with E-state index in [0.29, 0.717) is 10.2 Å². The number of thiophene rings is 1. The molecule has 0 unspecified atom stereocenters. The predicted molar refractivity (Wildman–Crippen MR) is 93.2 cm³/mol. The number of nitrogens with one attached hydrogen (secondary N) is 1. The number of carbonyl (C=O) groups is 1. The number of aryl methyl sites for hydroxylation is 3. The third-order valence-electron chi connectivity index (χ3n) is 3.71. The van der Waals surface area contributed by atoms with Gasteiger partial charge in [-0.3, -0.25) is 14.2 Å². The van der Waals surface area contributed by atoms with Gasteiger partial charge in [-0.2, -0.15) is 0 Å². The number of hydrogen-bond donors (Lipinski definition) is 1. The average Bonchev–Trinajstić information content (AvgIpc) is 2.95. The van der Waals surface area contributed by atoms with E-state index in [1.54, 1.807) is 6.07 Å². The maximum atomic E-state index is 12.3. The molecule has 2 heterocycles. The third-order valence-corrected chi connectivity index (χ3v) is 4.53. The first-order chi connectivity index (χ1) is 11.0. The monoisotopic (exact) mass is 327 g/mol. The van der Waals surface area contributed by atoms with E-state index in [-0.39, 0.29) is 18.0 Å². The second-order valence-electron chi connectivity index (χ2n) is 5.64. The molecule has 0 saturated carbocycles. The van der Waals surface area contributed by atoms with E-state index < -0.39 is 0 Å². The van der Waals surface area contributed by atoms with Crippen molar-refractivity contribution in [1.82, 2.24) is 9.55 Å². The summed E-state index contributed by atoms with van der Waals surface area (Å²) in [5, 5.41) is 5.27. The summed E-state index contributed by atoms with van der Waals surface area (Å²) in [7, 11) is 0. The van der Waals surface area contributed by atoms with Crippen LogP contribution in [0, 0.1) is 20.8 Å². The zero-order valence-corrected chi connectivity index (χ0v) is 14.0. The highest BCUT2D eigenvalue weighted by atomic mass is 32.1. The standard InChI is InChI=1S/C17H17N3O2S/c1-10-6-11(2)15(12(3)7-10)19-14(21)8-20-9-18-16-13(17(20)22)4-5-23-16/h4-7,9H,8H2,1-3H3,(H,19,21). The second kappa shape index (κ2) is 5.96. The van der Waals surface area contributed by atoms with Crippen molar-refractivity contribution in [3.63, 3.8) is 0 Å². The van der Waals surface area contributed by atoms with E-state index in [1.165, 1.54) is 22.2 Å². The Kier molecular flexibility index (Phi) is 4.00. The normalized spacial score (nSPS) is 10.9. The van der Waals surface area contributed by atoms with Gasteiger partial charge in [0.25, 0.3) is 5.56 Å². The predicted octanol–water partition coefficient (Wildman–Crippen LogP) is 3.02. The average molecular weight is 327 g/mol. The molecule has 0 aliphatic carbocycles. The molecule has 0 saturated heterocycles. The Labute approximate surface area is 137 Å². The van der Waals surface area contributed by atoms with Crippen molar-refractivity contribution >= 4 is 33.1 Å². The number of fused-ring (bicyclic) bond motifs is 1. The molecule has 1 aromatic carbocycles. The quantitative estimate of drug-likeness (QED) is 0.804. The Morgan fingerprint density at radius 2 is 1.96 bits per heavy atom. The topological polar surface area (TPSA) is 64.0 Å². The summed E-state index contributed by atoms with van der Waals surface area (Å²) in [6.45, 7) is 5.89. The summed E-state index contributed by atoms with van der Waals surface area (Å²) in [6, 6.07) is 5.78. The van der Waals surface area contributed by atoms with Gasteiger partial charge in [-0.1, -0.05) is 17.7 Å². The lowest BCUT2D eigenvalue weighted by atomic mass is 10.1. The number of nitrogens with zero attached hydrogens (tertiary/aromatic N) is 2. The third kappa shape index (κ3) is 3.03. The number of hydrogen-bond acceptors (Lipinski definition) is 4. The highest BCUT2D eigenvalue weighted by Gasteiger charge is 2.11. The number of anilines is 1. The zero-order valence-electron chi connectivity index (χ0n) is 13.2. The Morgan fingerprint density at radius 1 is 1.26 bits per heavy atom. The van der Waals surface area contributed by atoms with Gasteiger partial charge in [0.05, 0.1) is 11.7 Å². The van der Waals surface area contributed by atoms with E-state index in [0.717, 1.165) is 22.4 Å². The molecule has 0 bridgehead atoms. The van der Waals surface area contributed by atoms with E-state index >= 15 is 0 Å². The van der Waals surface area contributed by atoms with Gasteiger partial charge in [0.2, 0.25) is 5.91 Å². The van der Waals surface area contributed by atoms with Crippen molar-refractivity contribution in [2.24, 2.45) is 0 Å². The lowest BCUT2D eigenvalue weighted by Crippen LogP contribution is -2.28. The van der Waals surface area contributed by atoms with E-state index in [2.05, 4.69) is 10.3 Å². The zero-order chi connectivity index (χ0) is 16.6. The number of benzene rings is 1. The number of aromatic nitrogens is 2. The Bertz CT molecular complexity index is 933. The van der Waals surface area contributed by atoms with Crippen LogP contribution >= 0.6 is 11.3 Å². The fourth-order valence-electron chi connectivity index (χ4n) is 2.72. The van der Waals surface area contributed by atoms with Crippen LogP contribution in [0.4, 0.5) is 5.69 Å². The van der Waals surface area contributed by atoms with Gasteiger partial charge >= 0.3 is 0 Å². The van der Waals surface area contributed by atoms with Crippen LogP contribution in [0.5, 0.6) is 0 Å². The lowest BCUT2D eigenvalue weighted by Gasteiger charge is -2.13. The molecular weight excluding hydrogens is 310 g/mol. The Balaban J connectivity index is 1.84. The molecule has 2 aromatic heterocycles. The number of rotatable bonds is 3.